The summed E-state index contributed by atoms with van der Waals surface area (Å²) in [7, 11) is 3.99. The predicted octanol–water partition coefficient (Wildman–Crippen LogP) is -0.489. The van der Waals surface area contributed by atoms with Crippen molar-refractivity contribution in [1.82, 2.24) is 15.1 Å². The van der Waals surface area contributed by atoms with Gasteiger partial charge in [0.25, 0.3) is 0 Å². The van der Waals surface area contributed by atoms with Crippen LogP contribution in [0.1, 0.15) is 12.8 Å². The molecule has 4 heteroatoms. The Labute approximate surface area is 85.2 Å². The van der Waals surface area contributed by atoms with E-state index in [0.717, 1.165) is 32.5 Å². The van der Waals surface area contributed by atoms with E-state index in [9.17, 15) is 4.79 Å². The van der Waals surface area contributed by atoms with Gasteiger partial charge in [-0.3, -0.25) is 4.79 Å². The normalized spacial score (nSPS) is 34.4. The fraction of sp³-hybridized carbons (Fsp3) is 0.900. The van der Waals surface area contributed by atoms with Crippen molar-refractivity contribution in [3.63, 3.8) is 0 Å². The van der Waals surface area contributed by atoms with Gasteiger partial charge in [0.1, 0.15) is 0 Å². The van der Waals surface area contributed by atoms with Crippen molar-refractivity contribution in [2.75, 3.05) is 33.7 Å². The third kappa shape index (κ3) is 1.64. The molecule has 2 fully saturated rings. The fourth-order valence-corrected chi connectivity index (χ4v) is 2.50. The molecule has 80 valence electrons. The molecule has 0 bridgehead atoms. The molecule has 2 saturated heterocycles. The molecule has 2 rings (SSSR count). The smallest absolute Gasteiger partial charge is 0.240 e. The first-order chi connectivity index (χ1) is 6.72. The summed E-state index contributed by atoms with van der Waals surface area (Å²) in [5, 5.41) is 3.07. The van der Waals surface area contributed by atoms with Crippen molar-refractivity contribution in [1.29, 1.82) is 0 Å². The number of likely N-dealkylation sites (N-methyl/N-ethyl adjacent to an activating group) is 2. The number of likely N-dealkylation sites (tertiary alicyclic amines) is 2. The van der Waals surface area contributed by atoms with Gasteiger partial charge in [-0.2, -0.15) is 0 Å². The van der Waals surface area contributed by atoms with Crippen LogP contribution in [0.3, 0.4) is 0 Å². The molecule has 2 aliphatic rings. The van der Waals surface area contributed by atoms with Crippen LogP contribution < -0.4 is 5.32 Å². The van der Waals surface area contributed by atoms with Gasteiger partial charge in [-0.05, 0) is 33.5 Å². The van der Waals surface area contributed by atoms with Gasteiger partial charge in [-0.1, -0.05) is 0 Å². The number of amides is 1. The predicted molar refractivity (Wildman–Crippen MR) is 55.1 cm³/mol. The van der Waals surface area contributed by atoms with Crippen molar-refractivity contribution in [3.05, 3.63) is 0 Å². The maximum Gasteiger partial charge on any atom is 0.240 e. The number of carbonyl (C=O) groups is 1. The molecule has 2 aliphatic heterocycles. The molecule has 4 nitrogen and oxygen atoms in total. The van der Waals surface area contributed by atoms with Crippen LogP contribution in [-0.2, 0) is 4.79 Å². The van der Waals surface area contributed by atoms with E-state index in [2.05, 4.69) is 22.2 Å². The van der Waals surface area contributed by atoms with Crippen LogP contribution in [-0.4, -0.2) is 61.5 Å². The van der Waals surface area contributed by atoms with Crippen molar-refractivity contribution in [3.8, 4) is 0 Å². The summed E-state index contributed by atoms with van der Waals surface area (Å²) in [5.74, 6) is 0.299. The van der Waals surface area contributed by atoms with E-state index in [1.807, 2.05) is 7.05 Å². The van der Waals surface area contributed by atoms with Gasteiger partial charge < -0.3 is 15.1 Å². The molecular formula is C10H19N3O. The lowest BCUT2D eigenvalue weighted by molar-refractivity contribution is -0.131. The van der Waals surface area contributed by atoms with E-state index < -0.39 is 0 Å². The minimum Gasteiger partial charge on any atom is -0.337 e. The minimum atomic E-state index is 0.0703. The molecule has 2 atom stereocenters. The Morgan fingerprint density at radius 2 is 2.14 bits per heavy atom. The monoisotopic (exact) mass is 197 g/mol. The van der Waals surface area contributed by atoms with Crippen molar-refractivity contribution in [2.24, 2.45) is 0 Å². The molecule has 14 heavy (non-hydrogen) atoms. The van der Waals surface area contributed by atoms with Crippen LogP contribution in [0.4, 0.5) is 0 Å². The minimum absolute atomic E-state index is 0.0703. The summed E-state index contributed by atoms with van der Waals surface area (Å²) >= 11 is 0. The van der Waals surface area contributed by atoms with Crippen LogP contribution in [0, 0.1) is 0 Å². The number of nitrogens with one attached hydrogen (secondary N) is 1. The number of hydrogen-bond acceptors (Lipinski definition) is 3. The summed E-state index contributed by atoms with van der Waals surface area (Å²) in [6.07, 6.45) is 2.11. The molecule has 0 aromatic carbocycles. The molecule has 0 aromatic heterocycles. The number of hydrogen-bond donors (Lipinski definition) is 1. The molecule has 1 N–H and O–H groups in total. The first kappa shape index (κ1) is 9.93. The lowest BCUT2D eigenvalue weighted by Gasteiger charge is -2.24. The van der Waals surface area contributed by atoms with Crippen LogP contribution in [0.25, 0.3) is 0 Å². The molecular weight excluding hydrogens is 178 g/mol. The maximum absolute atomic E-state index is 11.9. The van der Waals surface area contributed by atoms with Crippen LogP contribution in [0.2, 0.25) is 0 Å². The Morgan fingerprint density at radius 1 is 1.36 bits per heavy atom. The van der Waals surface area contributed by atoms with Crippen LogP contribution in [0.15, 0.2) is 0 Å². The fourth-order valence-electron chi connectivity index (χ4n) is 2.50. The van der Waals surface area contributed by atoms with Gasteiger partial charge in [-0.15, -0.1) is 0 Å². The molecule has 1 amide bonds. The molecule has 0 aromatic rings. The number of rotatable bonds is 2. The highest BCUT2D eigenvalue weighted by molar-refractivity contribution is 5.84. The zero-order chi connectivity index (χ0) is 10.1. The van der Waals surface area contributed by atoms with Gasteiger partial charge >= 0.3 is 0 Å². The molecule has 2 unspecified atom stereocenters. The van der Waals surface area contributed by atoms with Gasteiger partial charge in [0.2, 0.25) is 5.91 Å². The van der Waals surface area contributed by atoms with Crippen molar-refractivity contribution >= 4 is 5.91 Å². The molecule has 2 heterocycles. The summed E-state index contributed by atoms with van der Waals surface area (Å²) in [4.78, 5) is 16.2. The molecule has 0 saturated carbocycles. The van der Waals surface area contributed by atoms with E-state index in [1.54, 1.807) is 0 Å². The summed E-state index contributed by atoms with van der Waals surface area (Å²) in [6, 6.07) is 0.534. The van der Waals surface area contributed by atoms with Crippen molar-refractivity contribution < 1.29 is 4.79 Å². The average Bonchev–Trinajstić information content (AvgIpc) is 2.72. The summed E-state index contributed by atoms with van der Waals surface area (Å²) in [5.41, 5.74) is 0. The third-order valence-corrected chi connectivity index (χ3v) is 3.40. The van der Waals surface area contributed by atoms with Crippen molar-refractivity contribution in [2.45, 2.75) is 24.9 Å². The largest absolute Gasteiger partial charge is 0.337 e. The van der Waals surface area contributed by atoms with E-state index in [-0.39, 0.29) is 6.04 Å². The summed E-state index contributed by atoms with van der Waals surface area (Å²) < 4.78 is 0. The lowest BCUT2D eigenvalue weighted by Crippen LogP contribution is -2.42. The topological polar surface area (TPSA) is 35.6 Å². The van der Waals surface area contributed by atoms with Gasteiger partial charge in [0.05, 0.1) is 6.04 Å². The highest BCUT2D eigenvalue weighted by Gasteiger charge is 2.36. The van der Waals surface area contributed by atoms with E-state index in [0.29, 0.717) is 11.9 Å². The molecule has 0 aliphatic carbocycles. The second kappa shape index (κ2) is 3.87. The lowest BCUT2D eigenvalue weighted by atomic mass is 10.2. The maximum atomic E-state index is 11.9. The zero-order valence-electron chi connectivity index (χ0n) is 8.99. The quantitative estimate of drug-likeness (QED) is 0.649. The van der Waals surface area contributed by atoms with Gasteiger partial charge in [-0.25, -0.2) is 0 Å². The van der Waals surface area contributed by atoms with Gasteiger partial charge in [0.15, 0.2) is 0 Å². The Kier molecular flexibility index (Phi) is 2.74. The Hall–Kier alpha value is -0.610. The van der Waals surface area contributed by atoms with Gasteiger partial charge in [0, 0.05) is 19.1 Å². The second-order valence-electron chi connectivity index (χ2n) is 4.37. The van der Waals surface area contributed by atoms with Crippen LogP contribution in [0.5, 0.6) is 0 Å². The third-order valence-electron chi connectivity index (χ3n) is 3.40. The summed E-state index contributed by atoms with van der Waals surface area (Å²) in [6.45, 7) is 3.10. The standard InChI is InChI=1S/C10H19N3O/c1-11-9-4-6-13(10(9)14)8-3-5-12(2)7-8/h8-9,11H,3-7H2,1-2H3. The second-order valence-corrected chi connectivity index (χ2v) is 4.37. The number of nitrogens with zero attached hydrogens (tertiary/aromatic N) is 2. The van der Waals surface area contributed by atoms with E-state index in [1.165, 1.54) is 0 Å². The highest BCUT2D eigenvalue weighted by Crippen LogP contribution is 2.20. The van der Waals surface area contributed by atoms with Crippen LogP contribution >= 0.6 is 0 Å². The zero-order valence-corrected chi connectivity index (χ0v) is 8.99. The molecule has 0 radical (unpaired) electrons. The van der Waals surface area contributed by atoms with E-state index >= 15 is 0 Å². The SMILES string of the molecule is CNC1CCN(C2CCN(C)C2)C1=O. The first-order valence-corrected chi connectivity index (χ1v) is 5.38. The number of carbonyl (C=O) groups excluding carboxylic acids is 1. The van der Waals surface area contributed by atoms with E-state index in [4.69, 9.17) is 0 Å². The average molecular weight is 197 g/mol. The first-order valence-electron chi connectivity index (χ1n) is 5.38. The Balaban J connectivity index is 1.96. The Morgan fingerprint density at radius 3 is 2.64 bits per heavy atom. The highest BCUT2D eigenvalue weighted by atomic mass is 16.2. The molecule has 0 spiro atoms. The Bertz CT molecular complexity index is 231.